The molecule has 0 N–H and O–H groups in total. The van der Waals surface area contributed by atoms with E-state index < -0.39 is 9.60 Å². The van der Waals surface area contributed by atoms with E-state index in [2.05, 4.69) is 4.74 Å². The van der Waals surface area contributed by atoms with Crippen molar-refractivity contribution in [1.29, 1.82) is 0 Å². The van der Waals surface area contributed by atoms with Crippen LogP contribution in [0, 0.1) is 0 Å². The third-order valence-electron chi connectivity index (χ3n) is 0.185. The fourth-order valence-corrected chi connectivity index (χ4v) is 0.922. The summed E-state index contributed by atoms with van der Waals surface area (Å²) in [4.78, 5) is 18.5. The zero-order chi connectivity index (χ0) is 5.86. The van der Waals surface area contributed by atoms with Gasteiger partial charge in [0.2, 0.25) is 0 Å². The van der Waals surface area contributed by atoms with Gasteiger partial charge in [-0.05, 0) is 0 Å². The molecule has 7 heavy (non-hydrogen) atoms. The first-order chi connectivity index (χ1) is 3.13. The summed E-state index contributed by atoms with van der Waals surface area (Å²) in [6, 6.07) is 0. The van der Waals surface area contributed by atoms with E-state index in [-0.39, 0.29) is 0 Å². The number of hydrogen-bond acceptors (Lipinski definition) is 3. The van der Waals surface area contributed by atoms with Crippen LogP contribution in [-0.2, 0) is 4.74 Å². The van der Waals surface area contributed by atoms with Crippen LogP contribution in [0.1, 0.15) is 0 Å². The quantitative estimate of drug-likeness (QED) is 0.409. The first-order valence-electron chi connectivity index (χ1n) is 1.32. The van der Waals surface area contributed by atoms with Crippen molar-refractivity contribution in [2.24, 2.45) is 0 Å². The Hall–Kier alpha value is 0.226. The molecule has 6 radical (unpaired) electrons. The van der Waals surface area contributed by atoms with E-state index in [0.717, 1.165) is 0 Å². The number of ether oxygens (including phenoxy) is 1. The van der Waals surface area contributed by atoms with Crippen LogP contribution in [0.3, 0.4) is 0 Å². The summed E-state index contributed by atoms with van der Waals surface area (Å²) in [6.07, 6.45) is 0. The van der Waals surface area contributed by atoms with Gasteiger partial charge in [0.1, 0.15) is 0 Å². The molecule has 0 aromatic carbocycles. The Kier molecular flexibility index (Phi) is 3.36. The normalized spacial score (nSPS) is 7.71. The van der Waals surface area contributed by atoms with Gasteiger partial charge in [0.05, 0.1) is 0 Å². The molecule has 5 heteroatoms. The van der Waals surface area contributed by atoms with Crippen molar-refractivity contribution in [3.8, 4) is 0 Å². The Balaban J connectivity index is 3.32. The second-order valence-corrected chi connectivity index (χ2v) is 2.39. The van der Waals surface area contributed by atoms with Crippen LogP contribution in [0.25, 0.3) is 0 Å². The van der Waals surface area contributed by atoms with Crippen molar-refractivity contribution >= 4 is 42.6 Å². The number of hydrogen-bond donors (Lipinski definition) is 0. The monoisotopic (exact) mass is 220 g/mol. The maximum absolute atomic E-state index is 9.81. The van der Waals surface area contributed by atoms with Gasteiger partial charge in [-0.15, -0.1) is 0 Å². The van der Waals surface area contributed by atoms with Gasteiger partial charge in [-0.25, -0.2) is 0 Å². The summed E-state index contributed by atoms with van der Waals surface area (Å²) in [6.45, 7) is 0. The van der Waals surface area contributed by atoms with Crippen molar-refractivity contribution in [2.75, 3.05) is 0 Å². The molecule has 34 valence electrons. The third kappa shape index (κ3) is 6.23. The van der Waals surface area contributed by atoms with Crippen LogP contribution in [0.15, 0.2) is 0 Å². The second-order valence-electron chi connectivity index (χ2n) is 0.677. The summed E-state index contributed by atoms with van der Waals surface area (Å²) in [5.41, 5.74) is 0. The molecule has 0 fully saturated rings. The first kappa shape index (κ1) is 7.23. The molecule has 0 spiro atoms. The Morgan fingerprint density at radius 2 is 1.43 bits per heavy atom. The molecule has 0 aromatic rings. The number of rotatable bonds is 0. The predicted molar refractivity (Wildman–Crippen MR) is 23.4 cm³/mol. The Morgan fingerprint density at radius 1 is 1.14 bits per heavy atom. The van der Waals surface area contributed by atoms with E-state index in [1.54, 1.807) is 0 Å². The van der Waals surface area contributed by atoms with Crippen molar-refractivity contribution in [1.82, 2.24) is 0 Å². The molecule has 0 aliphatic heterocycles. The fraction of sp³-hybridized carbons (Fsp3) is 0. The van der Waals surface area contributed by atoms with Gasteiger partial charge in [-0.2, -0.15) is 0 Å². The third-order valence-corrected chi connectivity index (χ3v) is 0.614. The second kappa shape index (κ2) is 3.26. The van der Waals surface area contributed by atoms with Crippen LogP contribution in [0.2, 0.25) is 0 Å². The van der Waals surface area contributed by atoms with Gasteiger partial charge in [-0.1, -0.05) is 0 Å². The van der Waals surface area contributed by atoms with E-state index in [9.17, 15) is 9.59 Å². The summed E-state index contributed by atoms with van der Waals surface area (Å²) < 4.78 is 3.97. The van der Waals surface area contributed by atoms with Gasteiger partial charge in [0.15, 0.2) is 0 Å². The summed E-state index contributed by atoms with van der Waals surface area (Å²) in [7, 11) is 0. The van der Waals surface area contributed by atoms with Gasteiger partial charge >= 0.3 is 57.0 Å². The summed E-state index contributed by atoms with van der Waals surface area (Å²) in [5, 5.41) is 0. The van der Waals surface area contributed by atoms with E-state index in [0.29, 0.717) is 0 Å². The van der Waals surface area contributed by atoms with Crippen LogP contribution in [0.4, 0.5) is 9.59 Å². The molecule has 0 aromatic heterocycles. The molecule has 3 nitrogen and oxygen atoms in total. The van der Waals surface area contributed by atoms with Crippen molar-refractivity contribution < 1.29 is 14.3 Å². The van der Waals surface area contributed by atoms with E-state index in [1.807, 2.05) is 0 Å². The minimum atomic E-state index is -0.562. The Bertz CT molecular complexity index is 87.1. The predicted octanol–water partition coefficient (Wildman–Crippen LogP) is -0.420. The molecular formula is C2Ge2O3. The van der Waals surface area contributed by atoms with Gasteiger partial charge in [0.25, 0.3) is 0 Å². The van der Waals surface area contributed by atoms with Crippen LogP contribution >= 0.6 is 0 Å². The molecule has 0 aliphatic rings. The average Bonchev–Trinajstić information content (AvgIpc) is 1.27. The topological polar surface area (TPSA) is 43.4 Å². The standard InChI is InChI=1S/C2Ge2O3/c3-1(5)7-2(4)6. The SMILES string of the molecule is O=[C]([Ge])O[C](=O)[Ge]. The zero-order valence-corrected chi connectivity index (χ0v) is 7.42. The van der Waals surface area contributed by atoms with E-state index in [4.69, 9.17) is 0 Å². The number of carbonyl (C=O) groups excluding carboxylic acids is 2. The zero-order valence-electron chi connectivity index (χ0n) is 3.22. The Labute approximate surface area is 57.2 Å². The van der Waals surface area contributed by atoms with Gasteiger partial charge in [-0.3, -0.25) is 0 Å². The average molecular weight is 217 g/mol. The molecule has 0 heterocycles. The molecule has 0 saturated carbocycles. The first-order valence-corrected chi connectivity index (χ1v) is 3.41. The summed E-state index contributed by atoms with van der Waals surface area (Å²) in [5.74, 6) is 0. The van der Waals surface area contributed by atoms with Gasteiger partial charge in [0, 0.05) is 0 Å². The molecule has 0 aliphatic carbocycles. The van der Waals surface area contributed by atoms with Crippen molar-refractivity contribution in [3.05, 3.63) is 0 Å². The molecule has 0 rings (SSSR count). The molecular weight excluding hydrogens is 217 g/mol. The molecule has 0 unspecified atom stereocenters. The van der Waals surface area contributed by atoms with E-state index in [1.165, 1.54) is 33.0 Å². The molecule has 0 saturated heterocycles. The fourth-order valence-electron chi connectivity index (χ4n) is 0.0842. The van der Waals surface area contributed by atoms with E-state index >= 15 is 0 Å². The van der Waals surface area contributed by atoms with Crippen LogP contribution in [-0.4, -0.2) is 42.6 Å². The van der Waals surface area contributed by atoms with Crippen molar-refractivity contribution in [3.63, 3.8) is 0 Å². The molecule has 0 bridgehead atoms. The van der Waals surface area contributed by atoms with Crippen LogP contribution in [0.5, 0.6) is 0 Å². The van der Waals surface area contributed by atoms with Crippen molar-refractivity contribution in [2.45, 2.75) is 0 Å². The number of carbonyl (C=O) groups is 2. The maximum atomic E-state index is 9.81. The Morgan fingerprint density at radius 3 is 1.43 bits per heavy atom. The van der Waals surface area contributed by atoms with Crippen LogP contribution < -0.4 is 0 Å². The molecule has 0 amide bonds. The summed E-state index contributed by atoms with van der Waals surface area (Å²) >= 11 is 2.36. The molecule has 0 atom stereocenters. The van der Waals surface area contributed by atoms with Gasteiger partial charge < -0.3 is 0 Å². The minimum absolute atomic E-state index is 0.562.